The van der Waals surface area contributed by atoms with Crippen molar-refractivity contribution in [3.8, 4) is 0 Å². The van der Waals surface area contributed by atoms with Crippen LogP contribution in [0, 0.1) is 11.8 Å². The monoisotopic (exact) mass is 879 g/mol. The van der Waals surface area contributed by atoms with E-state index in [1.807, 2.05) is 0 Å². The molecule has 0 aromatic heterocycles. The number of carbonyl (C=O) groups is 3. The molecule has 1 heterocycles. The van der Waals surface area contributed by atoms with Crippen LogP contribution in [0.1, 0.15) is 246 Å². The molecule has 0 aliphatic carbocycles. The molecule has 0 bridgehead atoms. The smallest absolute Gasteiger partial charge is 0.323 e. The van der Waals surface area contributed by atoms with Crippen molar-refractivity contribution in [2.75, 3.05) is 53.1 Å². The molecule has 9 nitrogen and oxygen atoms in total. The summed E-state index contributed by atoms with van der Waals surface area (Å²) >= 11 is 0. The Labute approximate surface area is 383 Å². The van der Waals surface area contributed by atoms with Gasteiger partial charge in [-0.25, -0.2) is 0 Å². The molecule has 0 aromatic carbocycles. The summed E-state index contributed by atoms with van der Waals surface area (Å²) in [7, 11) is 2.09. The molecule has 366 valence electrons. The van der Waals surface area contributed by atoms with Gasteiger partial charge in [-0.2, -0.15) is 0 Å². The summed E-state index contributed by atoms with van der Waals surface area (Å²) in [5.74, 6) is -0.0140. The van der Waals surface area contributed by atoms with Gasteiger partial charge in [-0.1, -0.05) is 169 Å². The highest BCUT2D eigenvalue weighted by atomic mass is 16.5. The molecule has 1 aliphatic heterocycles. The Kier molecular flexibility index (Phi) is 39.5. The normalized spacial score (nSPS) is 16.5. The Hall–Kier alpha value is -1.71. The summed E-state index contributed by atoms with van der Waals surface area (Å²) in [6.07, 6.45) is 37.2. The fraction of sp³-hybridized carbons (Fsp3) is 0.943. The van der Waals surface area contributed by atoms with E-state index in [0.717, 1.165) is 135 Å². The first-order valence-corrected chi connectivity index (χ1v) is 26.9. The van der Waals surface area contributed by atoms with Crippen molar-refractivity contribution in [2.45, 2.75) is 258 Å². The molecule has 1 N–H and O–H groups in total. The second-order valence-corrected chi connectivity index (χ2v) is 19.0. The summed E-state index contributed by atoms with van der Waals surface area (Å²) in [4.78, 5) is 44.1. The number of hydrogen-bond donors (Lipinski definition) is 1. The van der Waals surface area contributed by atoms with Gasteiger partial charge >= 0.3 is 17.9 Å². The fourth-order valence-corrected chi connectivity index (χ4v) is 9.11. The third-order valence-electron chi connectivity index (χ3n) is 13.3. The van der Waals surface area contributed by atoms with E-state index in [4.69, 9.17) is 14.2 Å². The lowest BCUT2D eigenvalue weighted by Gasteiger charge is -2.24. The molecule has 0 amide bonds. The topological polar surface area (TPSA) is 106 Å². The van der Waals surface area contributed by atoms with E-state index >= 15 is 0 Å². The van der Waals surface area contributed by atoms with Gasteiger partial charge in [0.1, 0.15) is 6.04 Å². The van der Waals surface area contributed by atoms with Crippen molar-refractivity contribution >= 4 is 17.9 Å². The number of rotatable bonds is 45. The van der Waals surface area contributed by atoms with E-state index in [2.05, 4.69) is 44.5 Å². The minimum Gasteiger partial charge on any atom is -0.465 e. The van der Waals surface area contributed by atoms with Crippen LogP contribution < -0.4 is 0 Å². The molecular formula is C53H102N2O7. The largest absolute Gasteiger partial charge is 0.465 e. The van der Waals surface area contributed by atoms with Gasteiger partial charge < -0.3 is 24.2 Å². The van der Waals surface area contributed by atoms with Crippen LogP contribution in [0.2, 0.25) is 0 Å². The van der Waals surface area contributed by atoms with E-state index in [9.17, 15) is 19.5 Å². The van der Waals surface area contributed by atoms with Gasteiger partial charge in [0.05, 0.1) is 31.7 Å². The molecule has 62 heavy (non-hydrogen) atoms. The van der Waals surface area contributed by atoms with Crippen LogP contribution >= 0.6 is 0 Å². The first-order chi connectivity index (χ1) is 30.3. The summed E-state index contributed by atoms with van der Waals surface area (Å²) < 4.78 is 17.5. The Balaban J connectivity index is 2.45. The minimum absolute atomic E-state index is 0.00163. The Bertz CT molecular complexity index is 1040. The summed E-state index contributed by atoms with van der Waals surface area (Å²) in [6, 6.07) is 0.0123. The van der Waals surface area contributed by atoms with Gasteiger partial charge in [0.25, 0.3) is 0 Å². The number of esters is 3. The van der Waals surface area contributed by atoms with E-state index in [1.54, 1.807) is 0 Å². The quantitative estimate of drug-likeness (QED) is 0.0364. The Morgan fingerprint density at radius 1 is 0.516 bits per heavy atom. The van der Waals surface area contributed by atoms with Crippen LogP contribution in [0.15, 0.2) is 0 Å². The molecule has 9 heteroatoms. The number of nitrogens with zero attached hydrogens (tertiary/aromatic N) is 2. The first-order valence-electron chi connectivity index (χ1n) is 26.9. The van der Waals surface area contributed by atoms with Crippen LogP contribution in [-0.2, 0) is 28.6 Å². The van der Waals surface area contributed by atoms with Gasteiger partial charge in [0.15, 0.2) is 0 Å². The van der Waals surface area contributed by atoms with Crippen molar-refractivity contribution in [3.05, 3.63) is 0 Å². The Morgan fingerprint density at radius 2 is 0.887 bits per heavy atom. The highest BCUT2D eigenvalue weighted by molar-refractivity contribution is 5.76. The molecule has 1 rings (SSSR count). The maximum atomic E-state index is 13.5. The minimum atomic E-state index is -0.246. The lowest BCUT2D eigenvalue weighted by atomic mass is 9.94. The van der Waals surface area contributed by atoms with Crippen molar-refractivity contribution in [2.24, 2.45) is 11.8 Å². The fourth-order valence-electron chi connectivity index (χ4n) is 9.11. The third-order valence-corrected chi connectivity index (χ3v) is 13.3. The van der Waals surface area contributed by atoms with E-state index in [-0.39, 0.29) is 48.4 Å². The van der Waals surface area contributed by atoms with Crippen LogP contribution in [0.4, 0.5) is 0 Å². The summed E-state index contributed by atoms with van der Waals surface area (Å²) in [6.45, 7) is 13.0. The summed E-state index contributed by atoms with van der Waals surface area (Å²) in [5, 5.41) is 9.41. The maximum Gasteiger partial charge on any atom is 0.323 e. The number of likely N-dealkylation sites (tertiary alicyclic amines) is 1. The SMILES string of the molecule is CCCCCCCCC(CCCCCC)C(=O)OCCCCCCOC(=O)C1CC(N(C)CCCO)CN1CCCCCCOC(=O)C(CCCCCC)CCCCCCCC. The Morgan fingerprint density at radius 3 is 1.32 bits per heavy atom. The lowest BCUT2D eigenvalue weighted by molar-refractivity contribution is -0.150. The van der Waals surface area contributed by atoms with Crippen LogP contribution in [0.3, 0.4) is 0 Å². The second kappa shape index (κ2) is 42.0. The third kappa shape index (κ3) is 30.4. The standard InChI is InChI=1S/C53H102N2O7/c1-6-10-14-18-20-28-37-47(35-26-16-12-8-3)51(57)60-42-31-23-22-30-40-55-46-49(54(5)39-34-41-56)45-50(55)53(59)62-44-33-25-24-32-43-61-52(58)48(36-27-17-13-9-4)38-29-21-19-15-11-7-2/h47-50,56H,6-46H2,1-5H3. The molecule has 1 saturated heterocycles. The average molecular weight is 879 g/mol. The molecule has 0 aromatic rings. The van der Waals surface area contributed by atoms with Gasteiger partial charge in [-0.05, 0) is 90.6 Å². The second-order valence-electron chi connectivity index (χ2n) is 19.0. The molecule has 4 unspecified atom stereocenters. The molecule has 1 aliphatic rings. The van der Waals surface area contributed by atoms with Crippen molar-refractivity contribution in [1.82, 2.24) is 9.80 Å². The first kappa shape index (κ1) is 58.3. The number of unbranched alkanes of at least 4 members (excludes halogenated alkanes) is 22. The molecule has 0 spiro atoms. The van der Waals surface area contributed by atoms with E-state index < -0.39 is 0 Å². The highest BCUT2D eigenvalue weighted by Crippen LogP contribution is 2.25. The molecular weight excluding hydrogens is 777 g/mol. The number of ether oxygens (including phenoxy) is 3. The molecule has 0 saturated carbocycles. The number of aliphatic hydroxyl groups is 1. The zero-order chi connectivity index (χ0) is 45.3. The van der Waals surface area contributed by atoms with Crippen LogP contribution in [0.25, 0.3) is 0 Å². The number of carbonyl (C=O) groups excluding carboxylic acids is 3. The van der Waals surface area contributed by atoms with Crippen LogP contribution in [-0.4, -0.2) is 98.0 Å². The zero-order valence-corrected chi connectivity index (χ0v) is 41.6. The van der Waals surface area contributed by atoms with Crippen LogP contribution in [0.5, 0.6) is 0 Å². The van der Waals surface area contributed by atoms with Gasteiger partial charge in [0, 0.05) is 25.7 Å². The molecule has 1 fully saturated rings. The predicted octanol–water partition coefficient (Wildman–Crippen LogP) is 13.2. The van der Waals surface area contributed by atoms with E-state index in [1.165, 1.54) is 103 Å². The van der Waals surface area contributed by atoms with Crippen molar-refractivity contribution in [1.29, 1.82) is 0 Å². The molecule has 4 atom stereocenters. The van der Waals surface area contributed by atoms with Gasteiger partial charge in [0.2, 0.25) is 0 Å². The highest BCUT2D eigenvalue weighted by Gasteiger charge is 2.39. The average Bonchev–Trinajstić information content (AvgIpc) is 3.71. The number of hydrogen-bond acceptors (Lipinski definition) is 9. The van der Waals surface area contributed by atoms with Gasteiger partial charge in [-0.3, -0.25) is 19.3 Å². The summed E-state index contributed by atoms with van der Waals surface area (Å²) in [5.41, 5.74) is 0. The zero-order valence-electron chi connectivity index (χ0n) is 41.6. The lowest BCUT2D eigenvalue weighted by Crippen LogP contribution is -2.38. The van der Waals surface area contributed by atoms with Crippen molar-refractivity contribution in [3.63, 3.8) is 0 Å². The van der Waals surface area contributed by atoms with E-state index in [0.29, 0.717) is 19.8 Å². The van der Waals surface area contributed by atoms with Crippen molar-refractivity contribution < 1.29 is 33.7 Å². The maximum absolute atomic E-state index is 13.5. The number of aliphatic hydroxyl groups excluding tert-OH is 1. The predicted molar refractivity (Wildman–Crippen MR) is 258 cm³/mol. The number of likely N-dealkylation sites (N-methyl/N-ethyl adjacent to an activating group) is 1. The molecule has 0 radical (unpaired) electrons. The van der Waals surface area contributed by atoms with Gasteiger partial charge in [-0.15, -0.1) is 0 Å².